The molecule has 2 rings (SSSR count). The first kappa shape index (κ1) is 18.7. The molecule has 0 atom stereocenters. The fourth-order valence-corrected chi connectivity index (χ4v) is 2.16. The third-order valence-electron chi connectivity index (χ3n) is 3.42. The third-order valence-corrected chi connectivity index (χ3v) is 3.42. The molecule has 6 nitrogen and oxygen atoms in total. The summed E-state index contributed by atoms with van der Waals surface area (Å²) in [5.41, 5.74) is 2.11. The first-order valence-corrected chi connectivity index (χ1v) is 8.81. The van der Waals surface area contributed by atoms with Gasteiger partial charge in [0.2, 0.25) is 5.88 Å². The predicted octanol–water partition coefficient (Wildman–Crippen LogP) is 2.56. The standard InChI is InChI=1S/C19H27N5O/c1-3-13-25-18-9-8-16(14-23-18)15-24-19(20-4-2)22-12-10-17-7-5-6-11-21-17/h5-9,11,14H,3-4,10,12-13,15H2,1-2H3,(H2,20,22,24). The van der Waals surface area contributed by atoms with Gasteiger partial charge in [-0.05, 0) is 31.0 Å². The minimum Gasteiger partial charge on any atom is -0.478 e. The van der Waals surface area contributed by atoms with Gasteiger partial charge in [-0.2, -0.15) is 0 Å². The molecule has 0 fully saturated rings. The second kappa shape index (κ2) is 11.0. The summed E-state index contributed by atoms with van der Waals surface area (Å²) in [4.78, 5) is 13.2. The molecule has 2 aromatic heterocycles. The van der Waals surface area contributed by atoms with Crippen LogP contribution in [0.15, 0.2) is 47.7 Å². The molecule has 134 valence electrons. The van der Waals surface area contributed by atoms with Gasteiger partial charge in [-0.3, -0.25) is 4.98 Å². The number of hydrogen-bond acceptors (Lipinski definition) is 4. The van der Waals surface area contributed by atoms with Crippen molar-refractivity contribution in [3.05, 3.63) is 54.0 Å². The van der Waals surface area contributed by atoms with Crippen LogP contribution in [0.3, 0.4) is 0 Å². The van der Waals surface area contributed by atoms with Gasteiger partial charge in [-0.15, -0.1) is 0 Å². The number of nitrogens with zero attached hydrogens (tertiary/aromatic N) is 3. The number of rotatable bonds is 9. The van der Waals surface area contributed by atoms with E-state index in [0.29, 0.717) is 19.0 Å². The zero-order valence-electron chi connectivity index (χ0n) is 15.0. The van der Waals surface area contributed by atoms with Gasteiger partial charge >= 0.3 is 0 Å². The summed E-state index contributed by atoms with van der Waals surface area (Å²) >= 11 is 0. The van der Waals surface area contributed by atoms with E-state index in [1.807, 2.05) is 42.7 Å². The van der Waals surface area contributed by atoms with E-state index >= 15 is 0 Å². The minimum atomic E-state index is 0.569. The fourth-order valence-electron chi connectivity index (χ4n) is 2.16. The second-order valence-corrected chi connectivity index (χ2v) is 5.55. The fraction of sp³-hybridized carbons (Fsp3) is 0.421. The van der Waals surface area contributed by atoms with Gasteiger partial charge in [0, 0.05) is 43.7 Å². The molecular weight excluding hydrogens is 314 g/mol. The lowest BCUT2D eigenvalue weighted by Crippen LogP contribution is -2.38. The number of nitrogens with one attached hydrogen (secondary N) is 2. The Kier molecular flexibility index (Phi) is 8.24. The zero-order chi connectivity index (χ0) is 17.7. The Hall–Kier alpha value is -2.63. The molecule has 0 aliphatic rings. The quantitative estimate of drug-likeness (QED) is 0.542. The predicted molar refractivity (Wildman–Crippen MR) is 101 cm³/mol. The zero-order valence-corrected chi connectivity index (χ0v) is 15.0. The van der Waals surface area contributed by atoms with Crippen LogP contribution >= 0.6 is 0 Å². The topological polar surface area (TPSA) is 71.4 Å². The molecule has 0 spiro atoms. The molecule has 6 heteroatoms. The first-order valence-electron chi connectivity index (χ1n) is 8.81. The van der Waals surface area contributed by atoms with E-state index in [0.717, 1.165) is 43.1 Å². The minimum absolute atomic E-state index is 0.569. The average molecular weight is 341 g/mol. The maximum atomic E-state index is 5.49. The van der Waals surface area contributed by atoms with Crippen molar-refractivity contribution in [1.29, 1.82) is 0 Å². The highest BCUT2D eigenvalue weighted by Gasteiger charge is 2.00. The third kappa shape index (κ3) is 7.20. The number of hydrogen-bond donors (Lipinski definition) is 2. The average Bonchev–Trinajstić information content (AvgIpc) is 2.66. The van der Waals surface area contributed by atoms with Crippen LogP contribution in [0.25, 0.3) is 0 Å². The Morgan fingerprint density at radius 2 is 2.04 bits per heavy atom. The molecule has 0 amide bonds. The van der Waals surface area contributed by atoms with Crippen LogP contribution in [0.2, 0.25) is 0 Å². The number of aliphatic imine (C=N–C) groups is 1. The van der Waals surface area contributed by atoms with Crippen molar-refractivity contribution in [2.24, 2.45) is 4.99 Å². The highest BCUT2D eigenvalue weighted by molar-refractivity contribution is 5.79. The van der Waals surface area contributed by atoms with Crippen molar-refractivity contribution in [3.8, 4) is 5.88 Å². The molecule has 0 radical (unpaired) electrons. The molecule has 2 heterocycles. The van der Waals surface area contributed by atoms with Crippen LogP contribution < -0.4 is 15.4 Å². The summed E-state index contributed by atoms with van der Waals surface area (Å²) in [5, 5.41) is 6.58. The largest absolute Gasteiger partial charge is 0.478 e. The van der Waals surface area contributed by atoms with Gasteiger partial charge in [0.1, 0.15) is 0 Å². The lowest BCUT2D eigenvalue weighted by molar-refractivity contribution is 0.305. The summed E-state index contributed by atoms with van der Waals surface area (Å²) in [6, 6.07) is 9.85. The molecule has 0 aliphatic heterocycles. The summed E-state index contributed by atoms with van der Waals surface area (Å²) in [5.74, 6) is 1.46. The van der Waals surface area contributed by atoms with Crippen molar-refractivity contribution in [3.63, 3.8) is 0 Å². The van der Waals surface area contributed by atoms with E-state index in [-0.39, 0.29) is 0 Å². The normalized spacial score (nSPS) is 11.2. The smallest absolute Gasteiger partial charge is 0.213 e. The van der Waals surface area contributed by atoms with E-state index < -0.39 is 0 Å². The van der Waals surface area contributed by atoms with Gasteiger partial charge in [-0.25, -0.2) is 9.98 Å². The van der Waals surface area contributed by atoms with Crippen LogP contribution in [-0.2, 0) is 13.0 Å². The summed E-state index contributed by atoms with van der Waals surface area (Å²) in [6.07, 6.45) is 5.46. The van der Waals surface area contributed by atoms with Crippen LogP contribution in [0.4, 0.5) is 0 Å². The molecule has 0 unspecified atom stereocenters. The van der Waals surface area contributed by atoms with Crippen molar-refractivity contribution < 1.29 is 4.74 Å². The van der Waals surface area contributed by atoms with Crippen LogP contribution in [0.1, 0.15) is 31.5 Å². The van der Waals surface area contributed by atoms with E-state index in [1.54, 1.807) is 0 Å². The van der Waals surface area contributed by atoms with Gasteiger partial charge in [0.05, 0.1) is 13.2 Å². The second-order valence-electron chi connectivity index (χ2n) is 5.55. The first-order chi connectivity index (χ1) is 12.3. The van der Waals surface area contributed by atoms with E-state index in [1.165, 1.54) is 0 Å². The Labute approximate surface area is 149 Å². The Balaban J connectivity index is 1.83. The lowest BCUT2D eigenvalue weighted by atomic mass is 10.3. The van der Waals surface area contributed by atoms with Gasteiger partial charge in [-0.1, -0.05) is 19.1 Å². The highest BCUT2D eigenvalue weighted by atomic mass is 16.5. The Bertz CT molecular complexity index is 628. The van der Waals surface area contributed by atoms with E-state index in [9.17, 15) is 0 Å². The highest BCUT2D eigenvalue weighted by Crippen LogP contribution is 2.08. The monoisotopic (exact) mass is 341 g/mol. The molecule has 0 bridgehead atoms. The number of aromatic nitrogens is 2. The SMILES string of the molecule is CCCOc1ccc(CN=C(NCC)NCCc2ccccn2)cn1. The molecule has 25 heavy (non-hydrogen) atoms. The van der Waals surface area contributed by atoms with Crippen LogP contribution in [0, 0.1) is 0 Å². The molecule has 0 saturated carbocycles. The summed E-state index contributed by atoms with van der Waals surface area (Å²) < 4.78 is 5.49. The molecule has 0 aliphatic carbocycles. The molecule has 0 aromatic carbocycles. The van der Waals surface area contributed by atoms with Crippen molar-refractivity contribution in [2.75, 3.05) is 19.7 Å². The van der Waals surface area contributed by atoms with Gasteiger partial charge < -0.3 is 15.4 Å². The van der Waals surface area contributed by atoms with Crippen molar-refractivity contribution >= 4 is 5.96 Å². The van der Waals surface area contributed by atoms with E-state index in [4.69, 9.17) is 4.74 Å². The maximum Gasteiger partial charge on any atom is 0.213 e. The van der Waals surface area contributed by atoms with Crippen molar-refractivity contribution in [1.82, 2.24) is 20.6 Å². The van der Waals surface area contributed by atoms with Crippen molar-refractivity contribution in [2.45, 2.75) is 33.2 Å². The lowest BCUT2D eigenvalue weighted by Gasteiger charge is -2.11. The van der Waals surface area contributed by atoms with Crippen LogP contribution in [-0.4, -0.2) is 35.6 Å². The molecule has 0 saturated heterocycles. The van der Waals surface area contributed by atoms with Gasteiger partial charge in [0.15, 0.2) is 5.96 Å². The molecular formula is C19H27N5O. The summed E-state index contributed by atoms with van der Waals surface area (Å²) in [7, 11) is 0. The number of ether oxygens (including phenoxy) is 1. The summed E-state index contributed by atoms with van der Waals surface area (Å²) in [6.45, 7) is 6.99. The number of pyridine rings is 2. The molecule has 2 N–H and O–H groups in total. The van der Waals surface area contributed by atoms with E-state index in [2.05, 4.69) is 39.4 Å². The van der Waals surface area contributed by atoms with Gasteiger partial charge in [0.25, 0.3) is 0 Å². The number of guanidine groups is 1. The Morgan fingerprint density at radius 3 is 2.72 bits per heavy atom. The Morgan fingerprint density at radius 1 is 1.12 bits per heavy atom. The molecule has 2 aromatic rings. The van der Waals surface area contributed by atoms with Crippen LogP contribution in [0.5, 0.6) is 5.88 Å². The maximum absolute atomic E-state index is 5.49.